The van der Waals surface area contributed by atoms with Crippen molar-refractivity contribution in [1.82, 2.24) is 10.4 Å². The monoisotopic (exact) mass is 871 g/mol. The van der Waals surface area contributed by atoms with Crippen molar-refractivity contribution in [1.29, 1.82) is 0 Å². The topological polar surface area (TPSA) is 271 Å². The van der Waals surface area contributed by atoms with Crippen LogP contribution in [-0.4, -0.2) is 129 Å². The number of hydrogen-bond acceptors (Lipinski definition) is 17. The van der Waals surface area contributed by atoms with Crippen molar-refractivity contribution >= 4 is 34.8 Å². The quantitative estimate of drug-likeness (QED) is 0.0308. The van der Waals surface area contributed by atoms with Crippen LogP contribution in [0.25, 0.3) is 27.8 Å². The minimum atomic E-state index is -2.35. The molecule has 4 aromatic rings. The molecule has 3 aliphatic rings. The summed E-state index contributed by atoms with van der Waals surface area (Å²) in [6.45, 7) is 1.70. The Morgan fingerprint density at radius 1 is 1.00 bits per heavy atom. The van der Waals surface area contributed by atoms with Crippen LogP contribution < -0.4 is 15.5 Å². The molecule has 0 bridgehead atoms. The number of hydrogen-bond donors (Lipinski definition) is 8. The van der Waals surface area contributed by atoms with E-state index < -0.39 is 67.5 Å². The van der Waals surface area contributed by atoms with Crippen LogP contribution in [0.1, 0.15) is 36.0 Å². The molecular weight excluding hydrogens is 823 g/mol. The molecule has 3 aromatic carbocycles. The first-order chi connectivity index (χ1) is 30.3. The fraction of sp³-hybridized carbons (Fsp3) is 0.378. The number of aliphatic imine (C=N–C) groups is 1. The van der Waals surface area contributed by atoms with Gasteiger partial charge in [0.2, 0.25) is 12.6 Å². The van der Waals surface area contributed by atoms with Crippen LogP contribution in [0.15, 0.2) is 98.5 Å². The fourth-order valence-corrected chi connectivity index (χ4v) is 7.93. The van der Waals surface area contributed by atoms with E-state index in [9.17, 15) is 50.1 Å². The Balaban J connectivity index is 1.21. The van der Waals surface area contributed by atoms with E-state index >= 15 is 0 Å². The highest BCUT2D eigenvalue weighted by molar-refractivity contribution is 5.95. The van der Waals surface area contributed by atoms with Gasteiger partial charge in [-0.15, -0.1) is 0 Å². The van der Waals surface area contributed by atoms with Crippen molar-refractivity contribution in [3.05, 3.63) is 111 Å². The molecule has 18 nitrogen and oxygen atoms in total. The number of aryl methyl sites for hydroxylation is 2. The predicted octanol–water partition coefficient (Wildman–Crippen LogP) is 2.14. The summed E-state index contributed by atoms with van der Waals surface area (Å²) in [7, 11) is 1.38. The number of carbonyl (C=O) groups excluding carboxylic acids is 1. The van der Waals surface area contributed by atoms with Gasteiger partial charge in [0.1, 0.15) is 35.6 Å². The van der Waals surface area contributed by atoms with Crippen LogP contribution in [0, 0.1) is 12.8 Å². The predicted molar refractivity (Wildman–Crippen MR) is 225 cm³/mol. The lowest BCUT2D eigenvalue weighted by atomic mass is 9.96. The third-order valence-corrected chi connectivity index (χ3v) is 11.1. The third kappa shape index (κ3) is 9.68. The second-order valence-corrected chi connectivity index (χ2v) is 15.5. The molecule has 1 fully saturated rings. The molecule has 0 aliphatic carbocycles. The van der Waals surface area contributed by atoms with Gasteiger partial charge in [0.15, 0.2) is 23.6 Å². The first-order valence-electron chi connectivity index (χ1n) is 20.4. The van der Waals surface area contributed by atoms with Gasteiger partial charge in [0.05, 0.1) is 28.9 Å². The van der Waals surface area contributed by atoms with Crippen molar-refractivity contribution in [2.45, 2.75) is 75.6 Å². The number of phenols is 1. The Morgan fingerprint density at radius 3 is 2.49 bits per heavy atom. The van der Waals surface area contributed by atoms with Crippen molar-refractivity contribution in [2.75, 3.05) is 26.8 Å². The molecule has 0 unspecified atom stereocenters. The number of phenolic OH excluding ortho intramolecular Hbond substituents is 1. The summed E-state index contributed by atoms with van der Waals surface area (Å²) >= 11 is 0. The van der Waals surface area contributed by atoms with Gasteiger partial charge in [-0.25, -0.2) is 5.06 Å². The Bertz CT molecular complexity index is 2470. The molecule has 0 radical (unpaired) electrons. The van der Waals surface area contributed by atoms with Crippen molar-refractivity contribution in [3.63, 3.8) is 0 Å². The number of aliphatic carboxylic acids is 1. The molecule has 0 amide bonds. The maximum atomic E-state index is 13.5. The first-order valence-corrected chi connectivity index (χ1v) is 20.4. The highest BCUT2D eigenvalue weighted by atomic mass is 16.8. The second-order valence-electron chi connectivity index (χ2n) is 15.5. The van der Waals surface area contributed by atoms with Gasteiger partial charge >= 0.3 is 11.9 Å². The largest absolute Gasteiger partial charge is 0.508 e. The van der Waals surface area contributed by atoms with E-state index in [2.05, 4.69) is 10.3 Å². The third-order valence-electron chi connectivity index (χ3n) is 11.1. The van der Waals surface area contributed by atoms with Crippen molar-refractivity contribution in [3.8, 4) is 22.6 Å². The number of benzene rings is 3. The number of esters is 1. The summed E-state index contributed by atoms with van der Waals surface area (Å²) < 4.78 is 23.3. The number of hydroxylamine groups is 2. The lowest BCUT2D eigenvalue weighted by Gasteiger charge is -2.44. The van der Waals surface area contributed by atoms with Crippen LogP contribution in [-0.2, 0) is 30.3 Å². The summed E-state index contributed by atoms with van der Waals surface area (Å²) in [6, 6.07) is 15.1. The molecule has 18 heteroatoms. The molecule has 1 saturated heterocycles. The van der Waals surface area contributed by atoms with E-state index in [0.29, 0.717) is 29.8 Å². The zero-order valence-electron chi connectivity index (χ0n) is 34.4. The smallest absolute Gasteiger partial charge is 0.324 e. The molecule has 7 rings (SSSR count). The van der Waals surface area contributed by atoms with Crippen LogP contribution >= 0.6 is 0 Å². The summed E-state index contributed by atoms with van der Waals surface area (Å²) in [5, 5.41) is 77.2. The lowest BCUT2D eigenvalue weighted by molar-refractivity contribution is -0.344. The molecule has 4 heterocycles. The Hall–Kier alpha value is -5.96. The van der Waals surface area contributed by atoms with Crippen molar-refractivity contribution < 1.29 is 68.8 Å². The Kier molecular flexibility index (Phi) is 14.0. The number of aliphatic hydroxyl groups is 5. The lowest BCUT2D eigenvalue weighted by Crippen LogP contribution is -2.64. The van der Waals surface area contributed by atoms with Gasteiger partial charge in [-0.3, -0.25) is 24.2 Å². The molecule has 1 aromatic heterocycles. The molecule has 0 spiro atoms. The van der Waals surface area contributed by atoms with Crippen molar-refractivity contribution in [2.24, 2.45) is 10.9 Å². The van der Waals surface area contributed by atoms with Crippen LogP contribution in [0.5, 0.6) is 11.5 Å². The summed E-state index contributed by atoms with van der Waals surface area (Å²) in [6.07, 6.45) is -4.82. The molecule has 8 N–H and O–H groups in total. The maximum Gasteiger partial charge on any atom is 0.324 e. The average Bonchev–Trinajstić information content (AvgIpc) is 3.85. The van der Waals surface area contributed by atoms with Crippen LogP contribution in [0.4, 0.5) is 0 Å². The Morgan fingerprint density at radius 2 is 1.78 bits per heavy atom. The van der Waals surface area contributed by atoms with E-state index in [1.165, 1.54) is 48.7 Å². The highest BCUT2D eigenvalue weighted by Gasteiger charge is 2.52. The number of nitrogens with zero attached hydrogens (tertiary/aromatic N) is 2. The summed E-state index contributed by atoms with van der Waals surface area (Å²) in [5.41, 5.74) is 5.09. The standard InChI is InChI=1S/C45H49N3O15/c1-23-17-24(5-3-4-15-49)19-27(18-23)36-35-26(12-14-47-35)21-48(36)63-41-39(54)38(53)40(44(58)62-43(57)34(42(55)56)32(46-2)13-16-50)61-45(41)60-29-10-11-30-33(20-29)59-22-31(37(30)52)25-6-8-28(51)9-7-25/h6-12,14,17-20,22,32,34,38-41,44-46,49-51,53-54,58H,3-5,13,15-16,21H2,1-2H3,(H,55,56)/t32-,34+,38-,39-,40-,41+,44+,45+/m1/s1. The number of aromatic hydroxyl groups is 1. The first kappa shape index (κ1) is 45.1. The van der Waals surface area contributed by atoms with Gasteiger partial charge in [-0.05, 0) is 93.3 Å². The van der Waals surface area contributed by atoms with Gasteiger partial charge in [-0.2, -0.15) is 0 Å². The summed E-state index contributed by atoms with van der Waals surface area (Å²) in [5.74, 6) is -4.86. The number of aliphatic hydroxyl groups excluding tert-OH is 5. The summed E-state index contributed by atoms with van der Waals surface area (Å²) in [4.78, 5) is 50.0. The molecule has 63 heavy (non-hydrogen) atoms. The number of nitrogens with one attached hydrogen (secondary N) is 1. The van der Waals surface area contributed by atoms with Crippen LogP contribution in [0.2, 0.25) is 0 Å². The normalized spacial score (nSPS) is 22.2. The minimum absolute atomic E-state index is 0.0223. The van der Waals surface area contributed by atoms with Gasteiger partial charge < -0.3 is 59.7 Å². The molecule has 8 atom stereocenters. The van der Waals surface area contributed by atoms with Crippen LogP contribution in [0.3, 0.4) is 0 Å². The number of rotatable bonds is 18. The Labute approximate surface area is 360 Å². The molecular formula is C45H49N3O15. The number of carboxylic acid groups (broad SMARTS) is 1. The van der Waals surface area contributed by atoms with Gasteiger partial charge in [0.25, 0.3) is 0 Å². The van der Waals surface area contributed by atoms with E-state index in [1.807, 2.05) is 31.2 Å². The highest BCUT2D eigenvalue weighted by Crippen LogP contribution is 2.41. The number of fused-ring (bicyclic) bond motifs is 2. The molecule has 0 saturated carbocycles. The maximum absolute atomic E-state index is 13.5. The van der Waals surface area contributed by atoms with E-state index in [0.717, 1.165) is 28.7 Å². The van der Waals surface area contributed by atoms with Gasteiger partial charge in [0, 0.05) is 42.7 Å². The molecule has 3 aliphatic heterocycles. The number of allylic oxidation sites excluding steroid dienone is 1. The molecule has 334 valence electrons. The average molecular weight is 872 g/mol. The SMILES string of the molecule is CN[C@H](CCO)[C@@H](C(=O)O)C(=O)O[C@H](O)[C@@H]1O[C@H](Oc2ccc3c(=O)c(-c4ccc(O)cc4)coc3c2)[C@@H](ON2CC3=CC=NC3=C2c2cc(C)cc(CCCCO)c2)[C@H](O)[C@H]1O. The second kappa shape index (κ2) is 19.6. The number of ether oxygens (including phenoxy) is 3. The fourth-order valence-electron chi connectivity index (χ4n) is 7.93. The number of carbonyl (C=O) groups is 2. The minimum Gasteiger partial charge on any atom is -0.508 e. The van der Waals surface area contributed by atoms with E-state index in [4.69, 9.17) is 23.5 Å². The zero-order chi connectivity index (χ0) is 44.9. The number of carboxylic acids is 1. The zero-order valence-corrected chi connectivity index (χ0v) is 34.4. The number of unbranched alkanes of at least 4 members (excludes halogenated alkanes) is 1. The van der Waals surface area contributed by atoms with E-state index in [1.54, 1.807) is 18.3 Å². The van der Waals surface area contributed by atoms with Gasteiger partial charge in [-0.1, -0.05) is 23.8 Å². The van der Waals surface area contributed by atoms with E-state index in [-0.39, 0.29) is 53.0 Å².